The predicted octanol–water partition coefficient (Wildman–Crippen LogP) is 4.22. The highest BCUT2D eigenvalue weighted by Crippen LogP contribution is 2.21. The average Bonchev–Trinajstić information content (AvgIpc) is 2.67. The summed E-state index contributed by atoms with van der Waals surface area (Å²) < 4.78 is 25.7. The van der Waals surface area contributed by atoms with Crippen LogP contribution in [0.4, 0.5) is 5.69 Å². The lowest BCUT2D eigenvalue weighted by atomic mass is 10.1. The van der Waals surface area contributed by atoms with Gasteiger partial charge in [0, 0.05) is 26.3 Å². The van der Waals surface area contributed by atoms with Gasteiger partial charge in [-0.2, -0.15) is 0 Å². The Morgan fingerprint density at radius 2 is 1.46 bits per heavy atom. The maximum Gasteiger partial charge on any atom is 0.242 e. The number of hydrogen-bond acceptors (Lipinski definition) is 3. The molecule has 0 amide bonds. The standard InChI is InChI=1S/C21H22N2O2S/c1-23(2)26(24,25)21-10-6-7-17(15-21)16-22-20-13-11-19(12-14-20)18-8-4-3-5-9-18/h3-15,22H,16H2,1-2H3. The van der Waals surface area contributed by atoms with Crippen LogP contribution in [0.15, 0.2) is 83.8 Å². The number of sulfonamides is 1. The van der Waals surface area contributed by atoms with Crippen molar-refractivity contribution >= 4 is 15.7 Å². The van der Waals surface area contributed by atoms with Gasteiger partial charge in [-0.15, -0.1) is 0 Å². The van der Waals surface area contributed by atoms with Crippen molar-refractivity contribution < 1.29 is 8.42 Å². The summed E-state index contributed by atoms with van der Waals surface area (Å²) in [4.78, 5) is 0.307. The van der Waals surface area contributed by atoms with Gasteiger partial charge in [-0.05, 0) is 41.0 Å². The van der Waals surface area contributed by atoms with Crippen molar-refractivity contribution in [2.75, 3.05) is 19.4 Å². The van der Waals surface area contributed by atoms with E-state index in [1.165, 1.54) is 24.0 Å². The fourth-order valence-corrected chi connectivity index (χ4v) is 3.61. The monoisotopic (exact) mass is 366 g/mol. The van der Waals surface area contributed by atoms with E-state index < -0.39 is 10.0 Å². The van der Waals surface area contributed by atoms with Gasteiger partial charge in [-0.3, -0.25) is 0 Å². The Balaban J connectivity index is 1.70. The van der Waals surface area contributed by atoms with Crippen molar-refractivity contribution in [1.29, 1.82) is 0 Å². The quantitative estimate of drug-likeness (QED) is 0.711. The van der Waals surface area contributed by atoms with Crippen LogP contribution in [0.2, 0.25) is 0 Å². The summed E-state index contributed by atoms with van der Waals surface area (Å²) in [5, 5.41) is 3.34. The molecular formula is C21H22N2O2S. The Bertz CT molecular complexity index is 966. The van der Waals surface area contributed by atoms with Crippen LogP contribution in [0, 0.1) is 0 Å². The van der Waals surface area contributed by atoms with Gasteiger partial charge in [0.15, 0.2) is 0 Å². The van der Waals surface area contributed by atoms with Gasteiger partial charge in [0.25, 0.3) is 0 Å². The molecule has 1 N–H and O–H groups in total. The molecule has 0 unspecified atom stereocenters. The molecule has 26 heavy (non-hydrogen) atoms. The summed E-state index contributed by atoms with van der Waals surface area (Å²) in [7, 11) is -0.341. The van der Waals surface area contributed by atoms with E-state index in [4.69, 9.17) is 0 Å². The number of nitrogens with zero attached hydrogens (tertiary/aromatic N) is 1. The van der Waals surface area contributed by atoms with Crippen molar-refractivity contribution in [2.45, 2.75) is 11.4 Å². The molecule has 0 fully saturated rings. The van der Waals surface area contributed by atoms with Crippen LogP contribution in [-0.2, 0) is 16.6 Å². The molecule has 3 aromatic carbocycles. The molecule has 3 rings (SSSR count). The third-order valence-corrected chi connectivity index (χ3v) is 5.98. The largest absolute Gasteiger partial charge is 0.381 e. The van der Waals surface area contributed by atoms with Gasteiger partial charge in [-0.1, -0.05) is 54.6 Å². The molecule has 4 nitrogen and oxygen atoms in total. The topological polar surface area (TPSA) is 49.4 Å². The Labute approximate surface area is 155 Å². The Morgan fingerprint density at radius 3 is 2.12 bits per heavy atom. The molecule has 0 atom stereocenters. The first-order valence-electron chi connectivity index (χ1n) is 8.37. The fourth-order valence-electron chi connectivity index (χ4n) is 2.64. The highest BCUT2D eigenvalue weighted by Gasteiger charge is 2.16. The second-order valence-electron chi connectivity index (χ2n) is 6.23. The molecule has 134 valence electrons. The van der Waals surface area contributed by atoms with Gasteiger partial charge < -0.3 is 5.32 Å². The SMILES string of the molecule is CN(C)S(=O)(=O)c1cccc(CNc2ccc(-c3ccccc3)cc2)c1. The maximum atomic E-state index is 12.2. The van der Waals surface area contributed by atoms with E-state index in [0.717, 1.165) is 16.8 Å². The highest BCUT2D eigenvalue weighted by atomic mass is 32.2. The minimum Gasteiger partial charge on any atom is -0.381 e. The highest BCUT2D eigenvalue weighted by molar-refractivity contribution is 7.89. The van der Waals surface area contributed by atoms with Crippen molar-refractivity contribution in [3.63, 3.8) is 0 Å². The van der Waals surface area contributed by atoms with Crippen LogP contribution < -0.4 is 5.32 Å². The molecule has 0 aromatic heterocycles. The second-order valence-corrected chi connectivity index (χ2v) is 8.38. The van der Waals surface area contributed by atoms with E-state index in [1.54, 1.807) is 18.2 Å². The fraction of sp³-hybridized carbons (Fsp3) is 0.143. The molecule has 0 radical (unpaired) electrons. The first-order chi connectivity index (χ1) is 12.5. The first-order valence-corrected chi connectivity index (χ1v) is 9.82. The third-order valence-electron chi connectivity index (χ3n) is 4.17. The van der Waals surface area contributed by atoms with Crippen molar-refractivity contribution in [2.24, 2.45) is 0 Å². The van der Waals surface area contributed by atoms with E-state index >= 15 is 0 Å². The van der Waals surface area contributed by atoms with Crippen LogP contribution in [0.3, 0.4) is 0 Å². The van der Waals surface area contributed by atoms with E-state index in [9.17, 15) is 8.42 Å². The summed E-state index contributed by atoms with van der Waals surface area (Å²) in [6.45, 7) is 0.557. The molecule has 0 aliphatic rings. The lowest BCUT2D eigenvalue weighted by molar-refractivity contribution is 0.520. The summed E-state index contributed by atoms with van der Waals surface area (Å²) in [5.41, 5.74) is 4.25. The maximum absolute atomic E-state index is 12.2. The van der Waals surface area contributed by atoms with E-state index in [-0.39, 0.29) is 0 Å². The Morgan fingerprint density at radius 1 is 0.808 bits per heavy atom. The zero-order valence-corrected chi connectivity index (χ0v) is 15.7. The molecule has 0 heterocycles. The van der Waals surface area contributed by atoms with Gasteiger partial charge in [0.05, 0.1) is 4.90 Å². The molecule has 0 bridgehead atoms. The molecule has 0 aliphatic carbocycles. The van der Waals surface area contributed by atoms with Gasteiger partial charge in [0.1, 0.15) is 0 Å². The number of anilines is 1. The van der Waals surface area contributed by atoms with Crippen LogP contribution in [-0.4, -0.2) is 26.8 Å². The van der Waals surface area contributed by atoms with Crippen molar-refractivity contribution in [1.82, 2.24) is 4.31 Å². The van der Waals surface area contributed by atoms with Crippen molar-refractivity contribution in [3.05, 3.63) is 84.4 Å². The number of rotatable bonds is 6. The van der Waals surface area contributed by atoms with E-state index in [0.29, 0.717) is 11.4 Å². The molecule has 0 spiro atoms. The van der Waals surface area contributed by atoms with E-state index in [1.807, 2.05) is 36.4 Å². The lowest BCUT2D eigenvalue weighted by Gasteiger charge is -2.13. The smallest absolute Gasteiger partial charge is 0.242 e. The first kappa shape index (κ1) is 18.2. The predicted molar refractivity (Wildman–Crippen MR) is 107 cm³/mol. The van der Waals surface area contributed by atoms with Crippen molar-refractivity contribution in [3.8, 4) is 11.1 Å². The van der Waals surface area contributed by atoms with Crippen LogP contribution in [0.25, 0.3) is 11.1 Å². The second kappa shape index (κ2) is 7.72. The lowest BCUT2D eigenvalue weighted by Crippen LogP contribution is -2.22. The zero-order chi connectivity index (χ0) is 18.6. The van der Waals surface area contributed by atoms with E-state index in [2.05, 4.69) is 29.6 Å². The van der Waals surface area contributed by atoms with Gasteiger partial charge >= 0.3 is 0 Å². The van der Waals surface area contributed by atoms with Gasteiger partial charge in [0.2, 0.25) is 10.0 Å². The van der Waals surface area contributed by atoms with Crippen LogP contribution in [0.1, 0.15) is 5.56 Å². The average molecular weight is 366 g/mol. The molecule has 5 heteroatoms. The van der Waals surface area contributed by atoms with Crippen LogP contribution in [0.5, 0.6) is 0 Å². The number of benzene rings is 3. The molecular weight excluding hydrogens is 344 g/mol. The summed E-state index contributed by atoms with van der Waals surface area (Å²) in [6, 6.07) is 25.4. The summed E-state index contributed by atoms with van der Waals surface area (Å²) in [5.74, 6) is 0. The summed E-state index contributed by atoms with van der Waals surface area (Å²) >= 11 is 0. The zero-order valence-electron chi connectivity index (χ0n) is 14.9. The molecule has 0 aliphatic heterocycles. The number of nitrogens with one attached hydrogen (secondary N) is 1. The van der Waals surface area contributed by atoms with Gasteiger partial charge in [-0.25, -0.2) is 12.7 Å². The third kappa shape index (κ3) is 4.12. The molecule has 0 saturated carbocycles. The normalized spacial score (nSPS) is 11.5. The molecule has 3 aromatic rings. The minimum absolute atomic E-state index is 0.307. The number of hydrogen-bond donors (Lipinski definition) is 1. The van der Waals surface area contributed by atoms with Crippen LogP contribution >= 0.6 is 0 Å². The Kier molecular flexibility index (Phi) is 5.40. The molecule has 0 saturated heterocycles. The Hall–Kier alpha value is -2.63. The summed E-state index contributed by atoms with van der Waals surface area (Å²) in [6.07, 6.45) is 0. The minimum atomic E-state index is -3.41.